The fraction of sp³-hybridized carbons (Fsp3) is 0.125. The van der Waals surface area contributed by atoms with Crippen molar-refractivity contribution in [3.05, 3.63) is 77.9 Å². The Labute approximate surface area is 122 Å². The van der Waals surface area contributed by atoms with E-state index in [4.69, 9.17) is 0 Å². The van der Waals surface area contributed by atoms with E-state index in [1.807, 2.05) is 30.3 Å². The van der Waals surface area contributed by atoms with E-state index in [1.54, 1.807) is 12.1 Å². The van der Waals surface area contributed by atoms with Gasteiger partial charge in [0.05, 0.1) is 12.6 Å². The number of nitrogens with one attached hydrogen (secondary N) is 2. The molecule has 0 bridgehead atoms. The predicted molar refractivity (Wildman–Crippen MR) is 79.6 cm³/mol. The van der Waals surface area contributed by atoms with E-state index in [0.29, 0.717) is 6.54 Å². The molecule has 2 aromatic carbocycles. The van der Waals surface area contributed by atoms with E-state index in [0.717, 1.165) is 17.0 Å². The van der Waals surface area contributed by atoms with Crippen LogP contribution in [0.5, 0.6) is 5.75 Å². The minimum atomic E-state index is 0.0249. The summed E-state index contributed by atoms with van der Waals surface area (Å²) in [7, 11) is 0. The lowest BCUT2D eigenvalue weighted by Crippen LogP contribution is -2.22. The quantitative estimate of drug-likeness (QED) is 0.671. The van der Waals surface area contributed by atoms with Crippen LogP contribution in [0.3, 0.4) is 0 Å². The lowest BCUT2D eigenvalue weighted by molar-refractivity contribution is 0.474. The van der Waals surface area contributed by atoms with Gasteiger partial charge in [-0.1, -0.05) is 42.5 Å². The Morgan fingerprint density at radius 1 is 1.00 bits per heavy atom. The molecular formula is C16H16N4O. The molecule has 1 aromatic heterocycles. The van der Waals surface area contributed by atoms with Crippen LogP contribution in [-0.2, 0) is 6.54 Å². The van der Waals surface area contributed by atoms with Crippen LogP contribution in [0.4, 0.5) is 0 Å². The molecule has 5 heteroatoms. The summed E-state index contributed by atoms with van der Waals surface area (Å²) in [6, 6.07) is 17.4. The number of aromatic hydroxyl groups is 1. The van der Waals surface area contributed by atoms with Gasteiger partial charge in [-0.25, -0.2) is 4.98 Å². The molecule has 0 radical (unpaired) electrons. The van der Waals surface area contributed by atoms with Crippen LogP contribution in [-0.4, -0.2) is 20.3 Å². The standard InChI is InChI=1S/C16H16N4O/c21-14-8-6-13(7-9-14)16(12-4-2-1-3-5-12)17-10-15-18-11-19-20-15/h1-9,11,16-17,21H,10H2,(H,18,19,20). The zero-order valence-electron chi connectivity index (χ0n) is 11.4. The highest BCUT2D eigenvalue weighted by molar-refractivity contribution is 5.34. The van der Waals surface area contributed by atoms with Crippen molar-refractivity contribution >= 4 is 0 Å². The second-order valence-corrected chi connectivity index (χ2v) is 4.75. The van der Waals surface area contributed by atoms with Gasteiger partial charge in [0.15, 0.2) is 0 Å². The number of hydrogen-bond donors (Lipinski definition) is 3. The van der Waals surface area contributed by atoms with E-state index < -0.39 is 0 Å². The third kappa shape index (κ3) is 3.27. The number of H-pyrrole nitrogens is 1. The van der Waals surface area contributed by atoms with Crippen molar-refractivity contribution in [2.24, 2.45) is 0 Å². The molecule has 0 aliphatic heterocycles. The van der Waals surface area contributed by atoms with E-state index in [1.165, 1.54) is 6.33 Å². The van der Waals surface area contributed by atoms with Gasteiger partial charge >= 0.3 is 0 Å². The SMILES string of the molecule is Oc1ccc(C(NCc2ncn[nH]2)c2ccccc2)cc1. The second-order valence-electron chi connectivity index (χ2n) is 4.75. The Morgan fingerprint density at radius 3 is 2.38 bits per heavy atom. The summed E-state index contributed by atoms with van der Waals surface area (Å²) >= 11 is 0. The van der Waals surface area contributed by atoms with E-state index >= 15 is 0 Å². The average Bonchev–Trinajstić information content (AvgIpc) is 3.04. The largest absolute Gasteiger partial charge is 0.508 e. The van der Waals surface area contributed by atoms with Gasteiger partial charge in [-0.05, 0) is 23.3 Å². The van der Waals surface area contributed by atoms with Gasteiger partial charge in [0.1, 0.15) is 17.9 Å². The molecule has 0 fully saturated rings. The summed E-state index contributed by atoms with van der Waals surface area (Å²) in [5.41, 5.74) is 2.24. The minimum absolute atomic E-state index is 0.0249. The lowest BCUT2D eigenvalue weighted by Gasteiger charge is -2.19. The molecule has 0 saturated carbocycles. The fourth-order valence-corrected chi connectivity index (χ4v) is 2.26. The minimum Gasteiger partial charge on any atom is -0.508 e. The summed E-state index contributed by atoms with van der Waals surface area (Å²) in [6.07, 6.45) is 1.50. The summed E-state index contributed by atoms with van der Waals surface area (Å²) < 4.78 is 0. The maximum atomic E-state index is 9.45. The van der Waals surface area contributed by atoms with Crippen molar-refractivity contribution < 1.29 is 5.11 Å². The molecule has 5 nitrogen and oxygen atoms in total. The molecule has 1 heterocycles. The summed E-state index contributed by atoms with van der Waals surface area (Å²) in [5.74, 6) is 1.05. The van der Waals surface area contributed by atoms with Crippen molar-refractivity contribution in [2.45, 2.75) is 12.6 Å². The first kappa shape index (κ1) is 13.3. The van der Waals surface area contributed by atoms with Crippen LogP contribution in [0.2, 0.25) is 0 Å². The maximum Gasteiger partial charge on any atom is 0.138 e. The van der Waals surface area contributed by atoms with Crippen molar-refractivity contribution in [3.63, 3.8) is 0 Å². The third-order valence-electron chi connectivity index (χ3n) is 3.30. The first-order valence-corrected chi connectivity index (χ1v) is 6.74. The molecule has 0 aliphatic carbocycles. The van der Waals surface area contributed by atoms with Crippen LogP contribution in [0.15, 0.2) is 60.9 Å². The van der Waals surface area contributed by atoms with Crippen LogP contribution in [0, 0.1) is 0 Å². The number of phenolic OH excluding ortho intramolecular Hbond substituents is 1. The number of nitrogens with zero attached hydrogens (tertiary/aromatic N) is 2. The molecule has 106 valence electrons. The first-order valence-electron chi connectivity index (χ1n) is 6.74. The van der Waals surface area contributed by atoms with Crippen LogP contribution in [0.25, 0.3) is 0 Å². The summed E-state index contributed by atoms with van der Waals surface area (Å²) in [4.78, 5) is 4.12. The summed E-state index contributed by atoms with van der Waals surface area (Å²) in [6.45, 7) is 0.584. The highest BCUT2D eigenvalue weighted by atomic mass is 16.3. The van der Waals surface area contributed by atoms with Gasteiger partial charge in [0, 0.05) is 0 Å². The van der Waals surface area contributed by atoms with Gasteiger partial charge in [0.25, 0.3) is 0 Å². The Hall–Kier alpha value is -2.66. The fourth-order valence-electron chi connectivity index (χ4n) is 2.26. The van der Waals surface area contributed by atoms with Crippen molar-refractivity contribution in [1.29, 1.82) is 0 Å². The maximum absolute atomic E-state index is 9.45. The zero-order chi connectivity index (χ0) is 14.5. The Bertz CT molecular complexity index is 665. The number of phenols is 1. The van der Waals surface area contributed by atoms with E-state index in [2.05, 4.69) is 32.6 Å². The van der Waals surface area contributed by atoms with Gasteiger partial charge in [0.2, 0.25) is 0 Å². The molecule has 21 heavy (non-hydrogen) atoms. The lowest BCUT2D eigenvalue weighted by atomic mass is 9.98. The van der Waals surface area contributed by atoms with Gasteiger partial charge in [-0.15, -0.1) is 0 Å². The molecule has 3 aromatic rings. The van der Waals surface area contributed by atoms with Gasteiger partial charge in [-0.3, -0.25) is 10.4 Å². The van der Waals surface area contributed by atoms with Crippen molar-refractivity contribution in [1.82, 2.24) is 20.5 Å². The normalized spacial score (nSPS) is 12.2. The molecule has 0 spiro atoms. The molecule has 3 rings (SSSR count). The molecule has 0 saturated heterocycles. The number of aromatic amines is 1. The topological polar surface area (TPSA) is 73.8 Å². The second kappa shape index (κ2) is 6.19. The Kier molecular flexibility index (Phi) is 3.93. The van der Waals surface area contributed by atoms with Crippen LogP contribution in [0.1, 0.15) is 23.0 Å². The third-order valence-corrected chi connectivity index (χ3v) is 3.30. The monoisotopic (exact) mass is 280 g/mol. The molecule has 1 unspecified atom stereocenters. The predicted octanol–water partition coefficient (Wildman–Crippen LogP) is 2.39. The number of rotatable bonds is 5. The molecule has 0 amide bonds. The summed E-state index contributed by atoms with van der Waals surface area (Å²) in [5, 5.41) is 19.6. The molecule has 3 N–H and O–H groups in total. The van der Waals surface area contributed by atoms with E-state index in [9.17, 15) is 5.11 Å². The molecule has 1 atom stereocenters. The van der Waals surface area contributed by atoms with Gasteiger partial charge in [-0.2, -0.15) is 5.10 Å². The molecular weight excluding hydrogens is 264 g/mol. The van der Waals surface area contributed by atoms with E-state index in [-0.39, 0.29) is 11.8 Å². The first-order chi connectivity index (χ1) is 10.3. The Morgan fingerprint density at radius 2 is 1.71 bits per heavy atom. The zero-order valence-corrected chi connectivity index (χ0v) is 11.4. The smallest absolute Gasteiger partial charge is 0.138 e. The highest BCUT2D eigenvalue weighted by Crippen LogP contribution is 2.23. The Balaban J connectivity index is 1.85. The molecule has 0 aliphatic rings. The number of hydrogen-bond acceptors (Lipinski definition) is 4. The van der Waals surface area contributed by atoms with Gasteiger partial charge < -0.3 is 5.11 Å². The van der Waals surface area contributed by atoms with Crippen molar-refractivity contribution in [3.8, 4) is 5.75 Å². The van der Waals surface area contributed by atoms with Crippen molar-refractivity contribution in [2.75, 3.05) is 0 Å². The van der Waals surface area contributed by atoms with Crippen LogP contribution >= 0.6 is 0 Å². The highest BCUT2D eigenvalue weighted by Gasteiger charge is 2.13. The average molecular weight is 280 g/mol. The van der Waals surface area contributed by atoms with Crippen LogP contribution < -0.4 is 5.32 Å². The number of benzene rings is 2. The number of aromatic nitrogens is 3.